The molecule has 3 unspecified atom stereocenters. The van der Waals surface area contributed by atoms with E-state index < -0.39 is 0 Å². The van der Waals surface area contributed by atoms with E-state index in [-0.39, 0.29) is 12.1 Å². The molecule has 3 rings (SSSR count). The van der Waals surface area contributed by atoms with Crippen molar-refractivity contribution in [2.24, 2.45) is 11.8 Å². The minimum atomic E-state index is -0.0568. The van der Waals surface area contributed by atoms with Gasteiger partial charge >= 0.3 is 0 Å². The molecule has 1 aromatic rings. The van der Waals surface area contributed by atoms with Crippen LogP contribution in [0.15, 0.2) is 0 Å². The predicted octanol–water partition coefficient (Wildman–Crippen LogP) is 2.43. The summed E-state index contributed by atoms with van der Waals surface area (Å²) in [4.78, 5) is 0. The van der Waals surface area contributed by atoms with E-state index in [0.717, 1.165) is 17.7 Å². The van der Waals surface area contributed by atoms with E-state index in [1.165, 1.54) is 25.7 Å². The lowest BCUT2D eigenvalue weighted by molar-refractivity contribution is 0.244. The Labute approximate surface area is 108 Å². The minimum absolute atomic E-state index is 0.0227. The molecule has 4 nitrogen and oxygen atoms in total. The molecule has 1 aromatic heterocycles. The monoisotopic (exact) mass is 249 g/mol. The molecule has 100 valence electrons. The summed E-state index contributed by atoms with van der Waals surface area (Å²) in [7, 11) is 0. The van der Waals surface area contributed by atoms with Gasteiger partial charge in [0.15, 0.2) is 5.82 Å². The van der Waals surface area contributed by atoms with E-state index in [1.807, 2.05) is 0 Å². The number of aliphatic hydroxyl groups excluding tert-OH is 1. The van der Waals surface area contributed by atoms with Gasteiger partial charge in [0.2, 0.25) is 0 Å². The van der Waals surface area contributed by atoms with Crippen LogP contribution in [0, 0.1) is 11.8 Å². The molecule has 1 N–H and O–H groups in total. The number of hydrogen-bond donors (Lipinski definition) is 1. The highest BCUT2D eigenvalue weighted by molar-refractivity contribution is 5.12. The number of aliphatic hydroxyl groups is 1. The molecule has 0 radical (unpaired) electrons. The van der Waals surface area contributed by atoms with Gasteiger partial charge in [-0.05, 0) is 51.9 Å². The zero-order valence-corrected chi connectivity index (χ0v) is 11.6. The molecule has 0 saturated heterocycles. The van der Waals surface area contributed by atoms with Crippen molar-refractivity contribution >= 4 is 0 Å². The van der Waals surface area contributed by atoms with Crippen molar-refractivity contribution in [3.05, 3.63) is 11.6 Å². The van der Waals surface area contributed by atoms with Gasteiger partial charge in [-0.15, -0.1) is 10.2 Å². The van der Waals surface area contributed by atoms with Gasteiger partial charge < -0.3 is 9.67 Å². The fourth-order valence-electron chi connectivity index (χ4n) is 3.96. The molecular formula is C14H23N3O. The zero-order chi connectivity index (χ0) is 12.9. The Kier molecular flexibility index (Phi) is 2.73. The Morgan fingerprint density at radius 2 is 2.00 bits per heavy atom. The van der Waals surface area contributed by atoms with Crippen LogP contribution < -0.4 is 0 Å². The fourth-order valence-corrected chi connectivity index (χ4v) is 3.96. The average Bonchev–Trinajstić information content (AvgIpc) is 3.01. The molecule has 0 aromatic carbocycles. The van der Waals surface area contributed by atoms with Gasteiger partial charge in [0.25, 0.3) is 0 Å². The first-order valence-electron chi connectivity index (χ1n) is 7.06. The Morgan fingerprint density at radius 1 is 1.22 bits per heavy atom. The molecular weight excluding hydrogens is 226 g/mol. The van der Waals surface area contributed by atoms with E-state index in [0.29, 0.717) is 11.7 Å². The molecule has 2 aliphatic rings. The molecule has 3 atom stereocenters. The van der Waals surface area contributed by atoms with E-state index in [4.69, 9.17) is 0 Å². The molecule has 18 heavy (non-hydrogen) atoms. The van der Waals surface area contributed by atoms with Gasteiger partial charge in [0, 0.05) is 11.5 Å². The summed E-state index contributed by atoms with van der Waals surface area (Å²) in [5.41, 5.74) is -0.0568. The van der Waals surface area contributed by atoms with Gasteiger partial charge in [-0.2, -0.15) is 0 Å². The van der Waals surface area contributed by atoms with Crippen LogP contribution in [-0.2, 0) is 12.1 Å². The van der Waals surface area contributed by atoms with Crippen LogP contribution in [0.5, 0.6) is 0 Å². The lowest BCUT2D eigenvalue weighted by Crippen LogP contribution is -2.28. The SMILES string of the molecule is CC(C)(C)n1c(CO)nnc1C1CC2CCC1C2. The molecule has 2 aliphatic carbocycles. The van der Waals surface area contributed by atoms with Crippen LogP contribution >= 0.6 is 0 Å². The third-order valence-corrected chi connectivity index (χ3v) is 4.64. The van der Waals surface area contributed by atoms with Crippen LogP contribution in [0.2, 0.25) is 0 Å². The lowest BCUT2D eigenvalue weighted by atomic mass is 9.87. The van der Waals surface area contributed by atoms with Gasteiger partial charge in [0.05, 0.1) is 0 Å². The summed E-state index contributed by atoms with van der Waals surface area (Å²) in [6, 6.07) is 0. The van der Waals surface area contributed by atoms with E-state index in [2.05, 4.69) is 35.5 Å². The van der Waals surface area contributed by atoms with Crippen LogP contribution in [0.4, 0.5) is 0 Å². The fraction of sp³-hybridized carbons (Fsp3) is 0.857. The van der Waals surface area contributed by atoms with Crippen molar-refractivity contribution in [1.82, 2.24) is 14.8 Å². The number of hydrogen-bond acceptors (Lipinski definition) is 3. The number of aromatic nitrogens is 3. The molecule has 0 aliphatic heterocycles. The Morgan fingerprint density at radius 3 is 2.50 bits per heavy atom. The lowest BCUT2D eigenvalue weighted by Gasteiger charge is -2.29. The molecule has 1 heterocycles. The Balaban J connectivity index is 2.00. The quantitative estimate of drug-likeness (QED) is 0.875. The highest BCUT2D eigenvalue weighted by atomic mass is 16.3. The van der Waals surface area contributed by atoms with Crippen molar-refractivity contribution in [2.75, 3.05) is 0 Å². The minimum Gasteiger partial charge on any atom is -0.388 e. The van der Waals surface area contributed by atoms with Crippen LogP contribution in [0.1, 0.15) is 64.0 Å². The Bertz CT molecular complexity index is 446. The van der Waals surface area contributed by atoms with Crippen LogP contribution in [0.25, 0.3) is 0 Å². The third kappa shape index (κ3) is 1.78. The maximum absolute atomic E-state index is 9.45. The van der Waals surface area contributed by atoms with Gasteiger partial charge in [-0.1, -0.05) is 6.42 Å². The average molecular weight is 249 g/mol. The molecule has 0 amide bonds. The van der Waals surface area contributed by atoms with Crippen molar-refractivity contribution in [2.45, 2.75) is 64.5 Å². The summed E-state index contributed by atoms with van der Waals surface area (Å²) in [5.74, 6) is 4.09. The van der Waals surface area contributed by atoms with Crippen molar-refractivity contribution < 1.29 is 5.11 Å². The van der Waals surface area contributed by atoms with Crippen molar-refractivity contribution in [1.29, 1.82) is 0 Å². The first kappa shape index (κ1) is 12.2. The standard InChI is InChI=1S/C14H23N3O/c1-14(2,3)17-12(8-18)15-16-13(17)11-7-9-4-5-10(11)6-9/h9-11,18H,4-8H2,1-3H3. The summed E-state index contributed by atoms with van der Waals surface area (Å²) < 4.78 is 2.17. The number of nitrogens with zero attached hydrogens (tertiary/aromatic N) is 3. The summed E-state index contributed by atoms with van der Waals surface area (Å²) in [6.07, 6.45) is 5.39. The maximum Gasteiger partial charge on any atom is 0.159 e. The largest absolute Gasteiger partial charge is 0.388 e. The predicted molar refractivity (Wildman–Crippen MR) is 69.1 cm³/mol. The molecule has 2 bridgehead atoms. The van der Waals surface area contributed by atoms with Gasteiger partial charge in [-0.25, -0.2) is 0 Å². The highest BCUT2D eigenvalue weighted by Crippen LogP contribution is 2.52. The molecule has 4 heteroatoms. The third-order valence-electron chi connectivity index (χ3n) is 4.64. The van der Waals surface area contributed by atoms with E-state index in [1.54, 1.807) is 0 Å². The van der Waals surface area contributed by atoms with Crippen LogP contribution in [0.3, 0.4) is 0 Å². The highest BCUT2D eigenvalue weighted by Gasteiger charge is 2.43. The molecule has 0 spiro atoms. The Hall–Kier alpha value is -0.900. The molecule has 2 saturated carbocycles. The second kappa shape index (κ2) is 4.05. The van der Waals surface area contributed by atoms with Crippen molar-refractivity contribution in [3.63, 3.8) is 0 Å². The summed E-state index contributed by atoms with van der Waals surface area (Å²) in [5, 5.41) is 18.0. The van der Waals surface area contributed by atoms with E-state index >= 15 is 0 Å². The normalized spacial score (nSPS) is 31.2. The molecule has 2 fully saturated rings. The number of rotatable bonds is 2. The van der Waals surface area contributed by atoms with Crippen molar-refractivity contribution in [3.8, 4) is 0 Å². The summed E-state index contributed by atoms with van der Waals surface area (Å²) >= 11 is 0. The van der Waals surface area contributed by atoms with E-state index in [9.17, 15) is 5.11 Å². The number of fused-ring (bicyclic) bond motifs is 2. The zero-order valence-electron chi connectivity index (χ0n) is 11.6. The maximum atomic E-state index is 9.45. The summed E-state index contributed by atoms with van der Waals surface area (Å²) in [6.45, 7) is 6.45. The smallest absolute Gasteiger partial charge is 0.159 e. The van der Waals surface area contributed by atoms with Gasteiger partial charge in [0.1, 0.15) is 12.4 Å². The second-order valence-electron chi connectivity index (χ2n) is 6.92. The first-order chi connectivity index (χ1) is 8.50. The second-order valence-corrected chi connectivity index (χ2v) is 6.92. The first-order valence-corrected chi connectivity index (χ1v) is 7.06. The topological polar surface area (TPSA) is 50.9 Å². The van der Waals surface area contributed by atoms with Crippen LogP contribution in [-0.4, -0.2) is 19.9 Å². The van der Waals surface area contributed by atoms with Gasteiger partial charge in [-0.3, -0.25) is 0 Å².